The summed E-state index contributed by atoms with van der Waals surface area (Å²) in [4.78, 5) is 24.1. The van der Waals surface area contributed by atoms with E-state index < -0.39 is 24.1 Å². The molecule has 98 valence electrons. The van der Waals surface area contributed by atoms with Gasteiger partial charge in [0.15, 0.2) is 6.04 Å². The molecule has 1 heterocycles. The first-order chi connectivity index (χ1) is 7.93. The fourth-order valence-corrected chi connectivity index (χ4v) is 1.63. The lowest BCUT2D eigenvalue weighted by atomic mass is 10.2. The van der Waals surface area contributed by atoms with Gasteiger partial charge in [0, 0.05) is 6.54 Å². The Morgan fingerprint density at radius 2 is 2.18 bits per heavy atom. The topological polar surface area (TPSA) is 99.1 Å². The molecular formula is C10H18N2O5. The van der Waals surface area contributed by atoms with E-state index in [0.29, 0.717) is 19.8 Å². The van der Waals surface area contributed by atoms with Crippen LogP contribution in [-0.4, -0.2) is 65.1 Å². The number of aliphatic hydroxyl groups is 1. The molecule has 7 heteroatoms. The molecule has 3 atom stereocenters. The number of carbonyl (C=O) groups is 2. The van der Waals surface area contributed by atoms with Crippen LogP contribution < -0.4 is 5.32 Å². The second-order valence-electron chi connectivity index (χ2n) is 4.12. The van der Waals surface area contributed by atoms with Crippen LogP contribution in [-0.2, 0) is 9.53 Å². The summed E-state index contributed by atoms with van der Waals surface area (Å²) in [6.45, 7) is 4.42. The Morgan fingerprint density at radius 1 is 1.53 bits per heavy atom. The van der Waals surface area contributed by atoms with Crippen LogP contribution in [0, 0.1) is 0 Å². The minimum atomic E-state index is -1.29. The van der Waals surface area contributed by atoms with Gasteiger partial charge in [-0.2, -0.15) is 0 Å². The SMILES string of the molecule is CC1COCCN1C(=O)N[C@H](C(=O)O)[C@@H](C)O. The van der Waals surface area contributed by atoms with Crippen LogP contribution >= 0.6 is 0 Å². The molecular weight excluding hydrogens is 228 g/mol. The second kappa shape index (κ2) is 5.83. The van der Waals surface area contributed by atoms with Crippen molar-refractivity contribution in [3.05, 3.63) is 0 Å². The highest BCUT2D eigenvalue weighted by atomic mass is 16.5. The van der Waals surface area contributed by atoms with Gasteiger partial charge in [-0.15, -0.1) is 0 Å². The number of aliphatic hydroxyl groups excluding tert-OH is 1. The number of ether oxygens (including phenoxy) is 1. The summed E-state index contributed by atoms with van der Waals surface area (Å²) in [5.74, 6) is -1.26. The lowest BCUT2D eigenvalue weighted by molar-refractivity contribution is -0.141. The zero-order chi connectivity index (χ0) is 13.0. The number of nitrogens with one attached hydrogen (secondary N) is 1. The Kier molecular flexibility index (Phi) is 4.71. The number of morpholine rings is 1. The summed E-state index contributed by atoms with van der Waals surface area (Å²) in [7, 11) is 0. The van der Waals surface area contributed by atoms with Gasteiger partial charge in [-0.05, 0) is 13.8 Å². The standard InChI is InChI=1S/C10H18N2O5/c1-6-5-17-4-3-12(6)10(16)11-8(7(2)13)9(14)15/h6-8,13H,3-5H2,1-2H3,(H,11,16)(H,14,15)/t6?,7-,8+/m1/s1. The number of hydrogen-bond donors (Lipinski definition) is 3. The quantitative estimate of drug-likeness (QED) is 0.608. The average molecular weight is 246 g/mol. The van der Waals surface area contributed by atoms with Crippen molar-refractivity contribution in [3.8, 4) is 0 Å². The second-order valence-corrected chi connectivity index (χ2v) is 4.12. The van der Waals surface area contributed by atoms with Crippen molar-refractivity contribution in [2.45, 2.75) is 32.0 Å². The van der Waals surface area contributed by atoms with Gasteiger partial charge in [0.2, 0.25) is 0 Å². The van der Waals surface area contributed by atoms with E-state index in [1.54, 1.807) is 0 Å². The van der Waals surface area contributed by atoms with E-state index in [9.17, 15) is 14.7 Å². The molecule has 2 amide bonds. The number of carboxylic acid groups (broad SMARTS) is 1. The number of rotatable bonds is 3. The van der Waals surface area contributed by atoms with Gasteiger partial charge in [-0.1, -0.05) is 0 Å². The summed E-state index contributed by atoms with van der Waals surface area (Å²) < 4.78 is 5.17. The highest BCUT2D eigenvalue weighted by molar-refractivity contribution is 5.83. The summed E-state index contributed by atoms with van der Waals surface area (Å²) >= 11 is 0. The molecule has 1 saturated heterocycles. The van der Waals surface area contributed by atoms with E-state index in [1.165, 1.54) is 11.8 Å². The number of carboxylic acids is 1. The maximum absolute atomic E-state index is 11.8. The van der Waals surface area contributed by atoms with Crippen LogP contribution in [0.25, 0.3) is 0 Å². The molecule has 0 radical (unpaired) electrons. The molecule has 0 aliphatic carbocycles. The van der Waals surface area contributed by atoms with Gasteiger partial charge in [-0.3, -0.25) is 0 Å². The van der Waals surface area contributed by atoms with Crippen molar-refractivity contribution in [1.82, 2.24) is 10.2 Å². The van der Waals surface area contributed by atoms with Gasteiger partial charge in [0.25, 0.3) is 0 Å². The molecule has 0 saturated carbocycles. The maximum Gasteiger partial charge on any atom is 0.328 e. The average Bonchev–Trinajstić information content (AvgIpc) is 2.25. The molecule has 3 N–H and O–H groups in total. The van der Waals surface area contributed by atoms with E-state index in [4.69, 9.17) is 9.84 Å². The largest absolute Gasteiger partial charge is 0.480 e. The number of aliphatic carboxylic acids is 1. The Balaban J connectivity index is 2.60. The van der Waals surface area contributed by atoms with Gasteiger partial charge in [-0.25, -0.2) is 9.59 Å². The first kappa shape index (κ1) is 13.7. The summed E-state index contributed by atoms with van der Waals surface area (Å²) in [6.07, 6.45) is -1.15. The number of carbonyl (C=O) groups excluding carboxylic acids is 1. The van der Waals surface area contributed by atoms with Crippen molar-refractivity contribution in [2.24, 2.45) is 0 Å². The third kappa shape index (κ3) is 3.57. The number of urea groups is 1. The molecule has 0 aromatic rings. The summed E-state index contributed by atoms with van der Waals surface area (Å²) in [5, 5.41) is 20.4. The normalized spacial score (nSPS) is 23.9. The van der Waals surface area contributed by atoms with Crippen molar-refractivity contribution in [2.75, 3.05) is 19.8 Å². The van der Waals surface area contributed by atoms with E-state index in [-0.39, 0.29) is 6.04 Å². The Hall–Kier alpha value is -1.34. The minimum Gasteiger partial charge on any atom is -0.480 e. The van der Waals surface area contributed by atoms with Crippen LogP contribution in [0.4, 0.5) is 4.79 Å². The van der Waals surface area contributed by atoms with E-state index in [2.05, 4.69) is 5.32 Å². The maximum atomic E-state index is 11.8. The van der Waals surface area contributed by atoms with Crippen LogP contribution in [0.15, 0.2) is 0 Å². The molecule has 7 nitrogen and oxygen atoms in total. The van der Waals surface area contributed by atoms with Crippen LogP contribution in [0.5, 0.6) is 0 Å². The van der Waals surface area contributed by atoms with Gasteiger partial charge in [0.05, 0.1) is 25.4 Å². The van der Waals surface area contributed by atoms with Crippen molar-refractivity contribution in [1.29, 1.82) is 0 Å². The lowest BCUT2D eigenvalue weighted by Gasteiger charge is -2.34. The molecule has 1 unspecified atom stereocenters. The zero-order valence-corrected chi connectivity index (χ0v) is 9.92. The van der Waals surface area contributed by atoms with E-state index in [0.717, 1.165) is 0 Å². The molecule has 17 heavy (non-hydrogen) atoms. The summed E-state index contributed by atoms with van der Waals surface area (Å²) in [5.41, 5.74) is 0. The third-order valence-corrected chi connectivity index (χ3v) is 2.66. The Bertz CT molecular complexity index is 294. The molecule has 1 rings (SSSR count). The highest BCUT2D eigenvalue weighted by Crippen LogP contribution is 2.07. The molecule has 0 aromatic heterocycles. The lowest BCUT2D eigenvalue weighted by Crippen LogP contribution is -2.56. The van der Waals surface area contributed by atoms with Crippen LogP contribution in [0.3, 0.4) is 0 Å². The van der Waals surface area contributed by atoms with E-state index >= 15 is 0 Å². The molecule has 1 aliphatic rings. The van der Waals surface area contributed by atoms with E-state index in [1.807, 2.05) is 6.92 Å². The molecule has 0 aromatic carbocycles. The number of amides is 2. The molecule has 1 fully saturated rings. The molecule has 0 bridgehead atoms. The van der Waals surface area contributed by atoms with Crippen molar-refractivity contribution < 1.29 is 24.5 Å². The summed E-state index contributed by atoms with van der Waals surface area (Å²) in [6, 6.07) is -1.89. The Morgan fingerprint density at radius 3 is 2.65 bits per heavy atom. The first-order valence-corrected chi connectivity index (χ1v) is 5.49. The highest BCUT2D eigenvalue weighted by Gasteiger charge is 2.30. The van der Waals surface area contributed by atoms with Crippen LogP contribution in [0.1, 0.15) is 13.8 Å². The monoisotopic (exact) mass is 246 g/mol. The molecule has 1 aliphatic heterocycles. The van der Waals surface area contributed by atoms with Gasteiger partial charge in [0.1, 0.15) is 0 Å². The fourth-order valence-electron chi connectivity index (χ4n) is 1.63. The number of nitrogens with zero attached hydrogens (tertiary/aromatic N) is 1. The number of hydrogen-bond acceptors (Lipinski definition) is 4. The van der Waals surface area contributed by atoms with Gasteiger partial charge >= 0.3 is 12.0 Å². The molecule has 0 spiro atoms. The smallest absolute Gasteiger partial charge is 0.328 e. The predicted octanol–water partition coefficient (Wildman–Crippen LogP) is -0.749. The zero-order valence-electron chi connectivity index (χ0n) is 9.92. The Labute approximate surface area is 99.4 Å². The fraction of sp³-hybridized carbons (Fsp3) is 0.800. The first-order valence-electron chi connectivity index (χ1n) is 5.49. The predicted molar refractivity (Wildman–Crippen MR) is 58.6 cm³/mol. The minimum absolute atomic E-state index is 0.104. The van der Waals surface area contributed by atoms with Crippen molar-refractivity contribution in [3.63, 3.8) is 0 Å². The van der Waals surface area contributed by atoms with Crippen LogP contribution in [0.2, 0.25) is 0 Å². The van der Waals surface area contributed by atoms with Crippen molar-refractivity contribution >= 4 is 12.0 Å². The third-order valence-electron chi connectivity index (χ3n) is 2.66. The van der Waals surface area contributed by atoms with Gasteiger partial charge < -0.3 is 25.2 Å².